The first-order valence-electron chi connectivity index (χ1n) is 5.37. The summed E-state index contributed by atoms with van der Waals surface area (Å²) in [6.07, 6.45) is 0.0306. The van der Waals surface area contributed by atoms with Crippen molar-refractivity contribution in [1.29, 1.82) is 0 Å². The maximum Gasteiger partial charge on any atom is 0.321 e. The summed E-state index contributed by atoms with van der Waals surface area (Å²) in [5.41, 5.74) is 0. The van der Waals surface area contributed by atoms with Gasteiger partial charge in [-0.15, -0.1) is 0 Å². The van der Waals surface area contributed by atoms with Crippen LogP contribution in [0.3, 0.4) is 0 Å². The second-order valence-corrected chi connectivity index (χ2v) is 5.89. The first-order valence-corrected chi connectivity index (χ1v) is 6.81. The highest BCUT2D eigenvalue weighted by Crippen LogP contribution is 2.20. The van der Waals surface area contributed by atoms with Gasteiger partial charge in [-0.3, -0.25) is 4.79 Å². The molecule has 0 bridgehead atoms. The molecule has 1 unspecified atom stereocenters. The number of carboxylic acids is 1. The highest BCUT2D eigenvalue weighted by atomic mass is 32.2. The quantitative estimate of drug-likeness (QED) is 0.891. The zero-order chi connectivity index (χ0) is 14.8. The van der Waals surface area contributed by atoms with E-state index in [2.05, 4.69) is 0 Å². The SMILES string of the molecule is CCC(C(=O)O)N(C)S(=O)(=O)c1cc(F)cc(F)c1. The molecule has 1 atom stereocenters. The lowest BCUT2D eigenvalue weighted by Crippen LogP contribution is -2.41. The first-order chi connectivity index (χ1) is 8.70. The molecule has 0 saturated carbocycles. The Hall–Kier alpha value is -1.54. The van der Waals surface area contributed by atoms with Crippen LogP contribution in [0.2, 0.25) is 0 Å². The maximum absolute atomic E-state index is 13.0. The molecule has 106 valence electrons. The Bertz CT molecular complexity index is 568. The number of hydrogen-bond acceptors (Lipinski definition) is 3. The van der Waals surface area contributed by atoms with Gasteiger partial charge in [-0.25, -0.2) is 17.2 Å². The topological polar surface area (TPSA) is 74.7 Å². The summed E-state index contributed by atoms with van der Waals surface area (Å²) < 4.78 is 50.8. The van der Waals surface area contributed by atoms with Crippen LogP contribution in [0.5, 0.6) is 0 Å². The Morgan fingerprint density at radius 1 is 1.32 bits per heavy atom. The lowest BCUT2D eigenvalue weighted by atomic mass is 10.2. The van der Waals surface area contributed by atoms with E-state index in [1.165, 1.54) is 6.92 Å². The van der Waals surface area contributed by atoms with Crippen LogP contribution in [0, 0.1) is 11.6 Å². The van der Waals surface area contributed by atoms with Crippen molar-refractivity contribution in [1.82, 2.24) is 4.31 Å². The Balaban J connectivity index is 3.26. The van der Waals surface area contributed by atoms with Crippen molar-refractivity contribution in [2.75, 3.05) is 7.05 Å². The minimum atomic E-state index is -4.27. The fourth-order valence-electron chi connectivity index (χ4n) is 1.60. The molecule has 1 rings (SSSR count). The third-order valence-corrected chi connectivity index (χ3v) is 4.47. The van der Waals surface area contributed by atoms with Crippen molar-refractivity contribution < 1.29 is 27.1 Å². The molecule has 0 spiro atoms. The van der Waals surface area contributed by atoms with Gasteiger partial charge in [0.05, 0.1) is 4.90 Å². The lowest BCUT2D eigenvalue weighted by molar-refractivity contribution is -0.141. The summed E-state index contributed by atoms with van der Waals surface area (Å²) in [5, 5.41) is 8.91. The summed E-state index contributed by atoms with van der Waals surface area (Å²) in [4.78, 5) is 10.3. The molecule has 1 aromatic rings. The van der Waals surface area contributed by atoms with Gasteiger partial charge in [-0.1, -0.05) is 6.92 Å². The molecule has 0 fully saturated rings. The number of nitrogens with zero attached hydrogens (tertiary/aromatic N) is 1. The lowest BCUT2D eigenvalue weighted by Gasteiger charge is -2.23. The average Bonchev–Trinajstić information content (AvgIpc) is 2.27. The molecular formula is C11H13F2NO4S. The highest BCUT2D eigenvalue weighted by molar-refractivity contribution is 7.89. The zero-order valence-electron chi connectivity index (χ0n) is 10.3. The summed E-state index contributed by atoms with van der Waals surface area (Å²) in [6, 6.07) is 0.525. The van der Waals surface area contributed by atoms with E-state index in [4.69, 9.17) is 5.11 Å². The fraction of sp³-hybridized carbons (Fsp3) is 0.364. The van der Waals surface area contributed by atoms with E-state index < -0.39 is 38.6 Å². The Morgan fingerprint density at radius 2 is 1.79 bits per heavy atom. The highest BCUT2D eigenvalue weighted by Gasteiger charge is 2.32. The van der Waals surface area contributed by atoms with Crippen LogP contribution in [-0.4, -0.2) is 36.9 Å². The smallest absolute Gasteiger partial charge is 0.321 e. The van der Waals surface area contributed by atoms with Crippen molar-refractivity contribution in [2.45, 2.75) is 24.3 Å². The third kappa shape index (κ3) is 3.27. The second-order valence-electron chi connectivity index (χ2n) is 3.89. The Kier molecular flexibility index (Phi) is 4.59. The minimum absolute atomic E-state index is 0.0306. The summed E-state index contributed by atoms with van der Waals surface area (Å²) in [7, 11) is -3.21. The third-order valence-electron chi connectivity index (χ3n) is 2.62. The fourth-order valence-corrected chi connectivity index (χ4v) is 3.03. The number of carbonyl (C=O) groups is 1. The second kappa shape index (κ2) is 5.62. The van der Waals surface area contributed by atoms with Crippen LogP contribution < -0.4 is 0 Å². The van der Waals surface area contributed by atoms with Crippen LogP contribution in [0.15, 0.2) is 23.1 Å². The molecule has 0 aliphatic heterocycles. The van der Waals surface area contributed by atoms with E-state index in [0.717, 1.165) is 7.05 Å². The number of benzene rings is 1. The maximum atomic E-state index is 13.0. The van der Waals surface area contributed by atoms with Gasteiger partial charge in [-0.2, -0.15) is 4.31 Å². The molecule has 1 N–H and O–H groups in total. The van der Waals surface area contributed by atoms with Gasteiger partial charge in [0.25, 0.3) is 0 Å². The number of rotatable bonds is 5. The molecule has 0 amide bonds. The first kappa shape index (κ1) is 15.5. The molecule has 0 heterocycles. The number of halogens is 2. The average molecular weight is 293 g/mol. The zero-order valence-corrected chi connectivity index (χ0v) is 11.1. The Morgan fingerprint density at radius 3 is 2.16 bits per heavy atom. The van der Waals surface area contributed by atoms with Crippen LogP contribution in [0.1, 0.15) is 13.3 Å². The molecule has 0 aliphatic carbocycles. The normalized spacial score (nSPS) is 13.5. The van der Waals surface area contributed by atoms with E-state index in [-0.39, 0.29) is 6.42 Å². The van der Waals surface area contributed by atoms with E-state index in [9.17, 15) is 22.0 Å². The van der Waals surface area contributed by atoms with Crippen molar-refractivity contribution >= 4 is 16.0 Å². The molecular weight excluding hydrogens is 280 g/mol. The van der Waals surface area contributed by atoms with Gasteiger partial charge in [0.15, 0.2) is 0 Å². The largest absolute Gasteiger partial charge is 0.480 e. The monoisotopic (exact) mass is 293 g/mol. The molecule has 0 radical (unpaired) electrons. The Labute approximate surface area is 109 Å². The van der Waals surface area contributed by atoms with E-state index >= 15 is 0 Å². The van der Waals surface area contributed by atoms with Crippen LogP contribution in [0.4, 0.5) is 8.78 Å². The van der Waals surface area contributed by atoms with Gasteiger partial charge in [0.1, 0.15) is 17.7 Å². The van der Waals surface area contributed by atoms with Crippen molar-refractivity contribution in [3.63, 3.8) is 0 Å². The van der Waals surface area contributed by atoms with Gasteiger partial charge in [0, 0.05) is 13.1 Å². The number of carboxylic acid groups (broad SMARTS) is 1. The molecule has 0 aromatic heterocycles. The standard InChI is InChI=1S/C11H13F2NO4S/c1-3-10(11(15)16)14(2)19(17,18)9-5-7(12)4-8(13)6-9/h4-6,10H,3H2,1-2H3,(H,15,16). The molecule has 0 aliphatic rings. The molecule has 0 saturated heterocycles. The van der Waals surface area contributed by atoms with E-state index in [0.29, 0.717) is 22.5 Å². The van der Waals surface area contributed by atoms with Crippen LogP contribution in [-0.2, 0) is 14.8 Å². The van der Waals surface area contributed by atoms with Crippen molar-refractivity contribution in [2.24, 2.45) is 0 Å². The number of aliphatic carboxylic acids is 1. The predicted octanol–water partition coefficient (Wildman–Crippen LogP) is 1.45. The molecule has 8 heteroatoms. The van der Waals surface area contributed by atoms with Crippen molar-refractivity contribution in [3.8, 4) is 0 Å². The van der Waals surface area contributed by atoms with Gasteiger partial charge in [0.2, 0.25) is 10.0 Å². The van der Waals surface area contributed by atoms with Gasteiger partial charge >= 0.3 is 5.97 Å². The molecule has 5 nitrogen and oxygen atoms in total. The van der Waals surface area contributed by atoms with Gasteiger partial charge < -0.3 is 5.11 Å². The summed E-state index contributed by atoms with van der Waals surface area (Å²) in [5.74, 6) is -3.42. The number of hydrogen-bond donors (Lipinski definition) is 1. The number of sulfonamides is 1. The van der Waals surface area contributed by atoms with Crippen molar-refractivity contribution in [3.05, 3.63) is 29.8 Å². The summed E-state index contributed by atoms with van der Waals surface area (Å²) in [6.45, 7) is 1.50. The molecule has 1 aromatic carbocycles. The van der Waals surface area contributed by atoms with Crippen LogP contribution >= 0.6 is 0 Å². The predicted molar refractivity (Wildman–Crippen MR) is 63.0 cm³/mol. The minimum Gasteiger partial charge on any atom is -0.480 e. The number of likely N-dealkylation sites (N-methyl/N-ethyl adjacent to an activating group) is 1. The van der Waals surface area contributed by atoms with E-state index in [1.807, 2.05) is 0 Å². The van der Waals surface area contributed by atoms with Gasteiger partial charge in [-0.05, 0) is 18.6 Å². The summed E-state index contributed by atoms with van der Waals surface area (Å²) >= 11 is 0. The van der Waals surface area contributed by atoms with Crippen LogP contribution in [0.25, 0.3) is 0 Å². The van der Waals surface area contributed by atoms with E-state index in [1.54, 1.807) is 0 Å². The molecule has 19 heavy (non-hydrogen) atoms.